The minimum Gasteiger partial charge on any atom is -0.319 e. The molecule has 0 spiro atoms. The van der Waals surface area contributed by atoms with E-state index < -0.39 is 29.4 Å². The second-order valence-corrected chi connectivity index (χ2v) is 6.61. The van der Waals surface area contributed by atoms with E-state index in [1.165, 1.54) is 31.2 Å². The van der Waals surface area contributed by atoms with Crippen LogP contribution in [0.1, 0.15) is 34.1 Å². The molecule has 0 aliphatic carbocycles. The number of alkyl halides is 3. The van der Waals surface area contributed by atoms with Crippen LogP contribution in [0.4, 0.5) is 27.6 Å². The third kappa shape index (κ3) is 4.26. The summed E-state index contributed by atoms with van der Waals surface area (Å²) >= 11 is 0. The zero-order chi connectivity index (χ0) is 22.9. The number of nitriles is 1. The summed E-state index contributed by atoms with van der Waals surface area (Å²) in [7, 11) is 0. The quantitative estimate of drug-likeness (QED) is 0.567. The van der Waals surface area contributed by atoms with Crippen LogP contribution in [0, 0.1) is 29.9 Å². The van der Waals surface area contributed by atoms with E-state index in [1.54, 1.807) is 6.92 Å². The highest BCUT2D eigenvalue weighted by molar-refractivity contribution is 6.05. The number of benzene rings is 2. The smallest absolute Gasteiger partial charge is 0.319 e. The van der Waals surface area contributed by atoms with E-state index in [1.807, 2.05) is 6.07 Å². The lowest BCUT2D eigenvalue weighted by Gasteiger charge is -2.10. The van der Waals surface area contributed by atoms with E-state index in [4.69, 9.17) is 0 Å². The number of amides is 1. The van der Waals surface area contributed by atoms with Crippen molar-refractivity contribution in [2.45, 2.75) is 26.6 Å². The standard InChI is InChI=1S/C21H15F5N4O/c1-3-30-16(9-17(29-30)21(24,25)26)14-6-5-12(8-13(14)10-27)20(31)28-15-7-4-11(2)18(22)19(15)23/h4-9H,3H2,1-2H3,(H,28,31). The minimum absolute atomic E-state index is 0.0562. The molecule has 1 N–H and O–H groups in total. The molecule has 3 aromatic rings. The maximum atomic E-state index is 14.0. The highest BCUT2D eigenvalue weighted by Gasteiger charge is 2.35. The average Bonchev–Trinajstić information content (AvgIpc) is 3.18. The Bertz CT molecular complexity index is 1210. The monoisotopic (exact) mass is 434 g/mol. The number of carbonyl (C=O) groups excluding carboxylic acids is 1. The van der Waals surface area contributed by atoms with Gasteiger partial charge in [-0.15, -0.1) is 0 Å². The molecule has 0 unspecified atom stereocenters. The lowest BCUT2D eigenvalue weighted by atomic mass is 10.0. The first-order valence-electron chi connectivity index (χ1n) is 9.02. The molecule has 2 aromatic carbocycles. The molecule has 0 radical (unpaired) electrons. The molecule has 31 heavy (non-hydrogen) atoms. The highest BCUT2D eigenvalue weighted by atomic mass is 19.4. The Hall–Kier alpha value is -3.74. The molecule has 10 heteroatoms. The zero-order valence-corrected chi connectivity index (χ0v) is 16.3. The second kappa shape index (κ2) is 8.18. The molecule has 1 aromatic heterocycles. The molecular weight excluding hydrogens is 419 g/mol. The lowest BCUT2D eigenvalue weighted by molar-refractivity contribution is -0.141. The topological polar surface area (TPSA) is 70.7 Å². The van der Waals surface area contributed by atoms with E-state index in [2.05, 4.69) is 10.4 Å². The Morgan fingerprint density at radius 2 is 1.87 bits per heavy atom. The summed E-state index contributed by atoms with van der Waals surface area (Å²) in [6.07, 6.45) is -4.66. The Morgan fingerprint density at radius 3 is 2.48 bits per heavy atom. The van der Waals surface area contributed by atoms with Gasteiger partial charge >= 0.3 is 6.18 Å². The number of rotatable bonds is 4. The third-order valence-electron chi connectivity index (χ3n) is 4.57. The number of aromatic nitrogens is 2. The van der Waals surface area contributed by atoms with Gasteiger partial charge in [-0.3, -0.25) is 9.48 Å². The minimum atomic E-state index is -4.66. The molecule has 0 saturated heterocycles. The van der Waals surface area contributed by atoms with Gasteiger partial charge < -0.3 is 5.32 Å². The third-order valence-corrected chi connectivity index (χ3v) is 4.57. The molecule has 0 aliphatic rings. The second-order valence-electron chi connectivity index (χ2n) is 6.61. The van der Waals surface area contributed by atoms with Crippen LogP contribution in [0.3, 0.4) is 0 Å². The Kier molecular flexibility index (Phi) is 5.79. The molecule has 0 saturated carbocycles. The Labute approximate surface area is 173 Å². The van der Waals surface area contributed by atoms with Gasteiger partial charge in [0.2, 0.25) is 0 Å². The zero-order valence-electron chi connectivity index (χ0n) is 16.3. The van der Waals surface area contributed by atoms with Crippen LogP contribution < -0.4 is 5.32 Å². The van der Waals surface area contributed by atoms with E-state index in [9.17, 15) is 32.0 Å². The number of halogens is 5. The number of carbonyl (C=O) groups is 1. The molecule has 1 amide bonds. The molecule has 1 heterocycles. The summed E-state index contributed by atoms with van der Waals surface area (Å²) < 4.78 is 67.9. The van der Waals surface area contributed by atoms with Crippen LogP contribution >= 0.6 is 0 Å². The first kappa shape index (κ1) is 22.0. The fourth-order valence-electron chi connectivity index (χ4n) is 2.95. The summed E-state index contributed by atoms with van der Waals surface area (Å²) in [6, 6.07) is 8.90. The van der Waals surface area contributed by atoms with Gasteiger partial charge in [0.1, 0.15) is 0 Å². The van der Waals surface area contributed by atoms with E-state index >= 15 is 0 Å². The molecule has 3 rings (SSSR count). The number of nitrogens with zero attached hydrogens (tertiary/aromatic N) is 3. The van der Waals surface area contributed by atoms with Crippen molar-refractivity contribution >= 4 is 11.6 Å². The first-order valence-corrected chi connectivity index (χ1v) is 9.02. The first-order chi connectivity index (χ1) is 14.6. The van der Waals surface area contributed by atoms with Gasteiger partial charge in [-0.1, -0.05) is 12.1 Å². The van der Waals surface area contributed by atoms with Crippen LogP contribution in [-0.2, 0) is 12.7 Å². The normalized spacial score (nSPS) is 11.3. The number of nitrogens with one attached hydrogen (secondary N) is 1. The number of hydrogen-bond acceptors (Lipinski definition) is 3. The van der Waals surface area contributed by atoms with Gasteiger partial charge in [-0.25, -0.2) is 8.78 Å². The fraction of sp³-hybridized carbons (Fsp3) is 0.190. The van der Waals surface area contributed by atoms with Gasteiger partial charge in [0.25, 0.3) is 5.91 Å². The van der Waals surface area contributed by atoms with Crippen molar-refractivity contribution in [2.75, 3.05) is 5.32 Å². The van der Waals surface area contributed by atoms with Crippen LogP contribution in [-0.4, -0.2) is 15.7 Å². The number of hydrogen-bond donors (Lipinski definition) is 1. The average molecular weight is 434 g/mol. The van der Waals surface area contributed by atoms with Crippen molar-refractivity contribution in [3.8, 4) is 17.3 Å². The molecule has 5 nitrogen and oxygen atoms in total. The fourth-order valence-corrected chi connectivity index (χ4v) is 2.95. The van der Waals surface area contributed by atoms with Gasteiger partial charge in [0.05, 0.1) is 23.0 Å². The summed E-state index contributed by atoms with van der Waals surface area (Å²) in [5.41, 5.74) is -1.34. The van der Waals surface area contributed by atoms with Gasteiger partial charge in [0, 0.05) is 17.7 Å². The van der Waals surface area contributed by atoms with Crippen LogP contribution in [0.2, 0.25) is 0 Å². The predicted molar refractivity (Wildman–Crippen MR) is 102 cm³/mol. The van der Waals surface area contributed by atoms with Crippen molar-refractivity contribution < 1.29 is 26.7 Å². The molecule has 160 valence electrons. The summed E-state index contributed by atoms with van der Waals surface area (Å²) in [5.74, 6) is -3.14. The Morgan fingerprint density at radius 1 is 1.16 bits per heavy atom. The largest absolute Gasteiger partial charge is 0.435 e. The van der Waals surface area contributed by atoms with Gasteiger partial charge in [-0.2, -0.15) is 23.5 Å². The number of aryl methyl sites for hydroxylation is 2. The van der Waals surface area contributed by atoms with Gasteiger partial charge in [-0.05, 0) is 43.7 Å². The number of anilines is 1. The molecule has 0 atom stereocenters. The summed E-state index contributed by atoms with van der Waals surface area (Å²) in [4.78, 5) is 12.5. The lowest BCUT2D eigenvalue weighted by Crippen LogP contribution is -2.14. The molecule has 0 fully saturated rings. The van der Waals surface area contributed by atoms with Gasteiger partial charge in [0.15, 0.2) is 17.3 Å². The van der Waals surface area contributed by atoms with Crippen LogP contribution in [0.15, 0.2) is 36.4 Å². The van der Waals surface area contributed by atoms with E-state index in [0.29, 0.717) is 0 Å². The van der Waals surface area contributed by atoms with E-state index in [0.717, 1.165) is 16.8 Å². The SMILES string of the molecule is CCn1nc(C(F)(F)F)cc1-c1ccc(C(=O)Nc2ccc(C)c(F)c2F)cc1C#N. The van der Waals surface area contributed by atoms with Crippen molar-refractivity contribution in [1.29, 1.82) is 5.26 Å². The van der Waals surface area contributed by atoms with Crippen LogP contribution in [0.25, 0.3) is 11.3 Å². The van der Waals surface area contributed by atoms with Crippen LogP contribution in [0.5, 0.6) is 0 Å². The predicted octanol–water partition coefficient (Wildman–Crippen LogP) is 5.30. The highest BCUT2D eigenvalue weighted by Crippen LogP contribution is 2.33. The van der Waals surface area contributed by atoms with E-state index in [-0.39, 0.29) is 40.2 Å². The summed E-state index contributed by atoms with van der Waals surface area (Å²) in [6.45, 7) is 3.09. The molecular formula is C21H15F5N4O. The maximum Gasteiger partial charge on any atom is 0.435 e. The summed E-state index contributed by atoms with van der Waals surface area (Å²) in [5, 5.41) is 15.2. The van der Waals surface area contributed by atoms with Crippen molar-refractivity contribution in [3.63, 3.8) is 0 Å². The molecule has 0 aliphatic heterocycles. The maximum absolute atomic E-state index is 14.0. The van der Waals surface area contributed by atoms with Crippen molar-refractivity contribution in [2.24, 2.45) is 0 Å². The molecule has 0 bridgehead atoms. The Balaban J connectivity index is 1.98. The van der Waals surface area contributed by atoms with Crippen molar-refractivity contribution in [1.82, 2.24) is 9.78 Å². The van der Waals surface area contributed by atoms with Crippen molar-refractivity contribution in [3.05, 3.63) is 70.4 Å².